The van der Waals surface area contributed by atoms with Crippen molar-refractivity contribution in [3.63, 3.8) is 0 Å². The molecule has 0 bridgehead atoms. The lowest BCUT2D eigenvalue weighted by molar-refractivity contribution is -0.145. The third-order valence-corrected chi connectivity index (χ3v) is 1.91. The number of hydroxylamine groups is 1. The lowest BCUT2D eigenvalue weighted by atomic mass is 10.1. The number of nitrogens with two attached hydrogens (primary N) is 1. The molecular formula is C10H19N3O4. The summed E-state index contributed by atoms with van der Waals surface area (Å²) in [5, 5.41) is 8.93. The van der Waals surface area contributed by atoms with Crippen LogP contribution in [0.5, 0.6) is 0 Å². The van der Waals surface area contributed by atoms with Gasteiger partial charge in [0.25, 0.3) is 0 Å². The maximum Gasteiger partial charge on any atom is 0.329 e. The summed E-state index contributed by atoms with van der Waals surface area (Å²) in [5.74, 6) is -1.28. The van der Waals surface area contributed by atoms with Gasteiger partial charge in [0.05, 0.1) is 0 Å². The molecule has 1 atom stereocenters. The Hall–Kier alpha value is -1.63. The number of aliphatic imine (C=N–C) groups is 1. The Bertz CT molecular complexity index is 291. The summed E-state index contributed by atoms with van der Waals surface area (Å²) >= 11 is 0. The zero-order valence-electron chi connectivity index (χ0n) is 10.1. The molecule has 7 nitrogen and oxygen atoms in total. The van der Waals surface area contributed by atoms with Gasteiger partial charge in [-0.15, -0.1) is 0 Å². The van der Waals surface area contributed by atoms with E-state index >= 15 is 0 Å². The van der Waals surface area contributed by atoms with E-state index in [-0.39, 0.29) is 5.84 Å². The largest absolute Gasteiger partial charge is 0.480 e. The van der Waals surface area contributed by atoms with Crippen molar-refractivity contribution in [1.29, 1.82) is 0 Å². The molecule has 0 saturated heterocycles. The third-order valence-electron chi connectivity index (χ3n) is 1.91. The van der Waals surface area contributed by atoms with E-state index in [1.54, 1.807) is 0 Å². The normalized spacial score (nSPS) is 13.0. The van der Waals surface area contributed by atoms with E-state index in [1.165, 1.54) is 13.8 Å². The Kier molecular flexibility index (Phi) is 7.70. The van der Waals surface area contributed by atoms with Crippen molar-refractivity contribution in [1.82, 2.24) is 5.48 Å². The lowest BCUT2D eigenvalue weighted by Crippen LogP contribution is -2.27. The average Bonchev–Trinajstić information content (AvgIpc) is 2.25. The molecule has 0 amide bonds. The summed E-state index contributed by atoms with van der Waals surface area (Å²) in [5.41, 5.74) is 7.59. The first kappa shape index (κ1) is 15.4. The highest BCUT2D eigenvalue weighted by Crippen LogP contribution is 2.05. The molecule has 0 heterocycles. The van der Waals surface area contributed by atoms with Gasteiger partial charge in [0.2, 0.25) is 0 Å². The van der Waals surface area contributed by atoms with Gasteiger partial charge < -0.3 is 15.7 Å². The number of nitrogens with zero attached hydrogens (tertiary/aromatic N) is 1. The predicted octanol–water partition coefficient (Wildman–Crippen LogP) is 0.0547. The molecule has 0 aliphatic rings. The van der Waals surface area contributed by atoms with Crippen LogP contribution in [-0.4, -0.2) is 35.5 Å². The van der Waals surface area contributed by atoms with Gasteiger partial charge in [0.1, 0.15) is 11.9 Å². The van der Waals surface area contributed by atoms with Crippen LogP contribution in [0.2, 0.25) is 0 Å². The first-order valence-corrected chi connectivity index (χ1v) is 5.38. The van der Waals surface area contributed by atoms with Crippen molar-refractivity contribution in [2.75, 3.05) is 6.54 Å². The summed E-state index contributed by atoms with van der Waals surface area (Å²) in [6.07, 6.45) is 1.86. The van der Waals surface area contributed by atoms with E-state index in [9.17, 15) is 9.59 Å². The molecule has 0 rings (SSSR count). The first-order chi connectivity index (χ1) is 7.97. The van der Waals surface area contributed by atoms with E-state index in [0.717, 1.165) is 6.42 Å². The van der Waals surface area contributed by atoms with Crippen LogP contribution in [0, 0.1) is 0 Å². The minimum absolute atomic E-state index is 0.250. The van der Waals surface area contributed by atoms with Gasteiger partial charge >= 0.3 is 11.9 Å². The zero-order chi connectivity index (χ0) is 13.3. The van der Waals surface area contributed by atoms with Crippen LogP contribution in [0.4, 0.5) is 0 Å². The fraction of sp³-hybridized carbons (Fsp3) is 0.700. The fourth-order valence-corrected chi connectivity index (χ4v) is 1.13. The van der Waals surface area contributed by atoms with Crippen molar-refractivity contribution in [2.24, 2.45) is 10.7 Å². The van der Waals surface area contributed by atoms with Crippen molar-refractivity contribution < 1.29 is 19.5 Å². The molecule has 0 radical (unpaired) electrons. The molecule has 0 unspecified atom stereocenters. The highest BCUT2D eigenvalue weighted by molar-refractivity contribution is 5.84. The van der Waals surface area contributed by atoms with Crippen molar-refractivity contribution in [3.8, 4) is 0 Å². The van der Waals surface area contributed by atoms with E-state index in [2.05, 4.69) is 15.3 Å². The Morgan fingerprint density at radius 3 is 2.53 bits per heavy atom. The molecule has 4 N–H and O–H groups in total. The number of carboxylic acid groups (broad SMARTS) is 1. The summed E-state index contributed by atoms with van der Waals surface area (Å²) in [6, 6.07) is -0.843. The minimum Gasteiger partial charge on any atom is -0.480 e. The van der Waals surface area contributed by atoms with Gasteiger partial charge in [-0.25, -0.2) is 10.3 Å². The van der Waals surface area contributed by atoms with Crippen LogP contribution in [0.3, 0.4) is 0 Å². The number of amidine groups is 1. The SMILES string of the molecule is CC(=O)ONC(C)=N[C@@H](CCCCN)C(=O)O. The molecule has 0 fully saturated rings. The topological polar surface area (TPSA) is 114 Å². The summed E-state index contributed by atoms with van der Waals surface area (Å²) in [6.45, 7) is 3.29. The number of rotatable bonds is 6. The highest BCUT2D eigenvalue weighted by Gasteiger charge is 2.15. The maximum atomic E-state index is 10.9. The molecule has 0 spiro atoms. The summed E-state index contributed by atoms with van der Waals surface area (Å²) in [7, 11) is 0. The number of carboxylic acids is 1. The van der Waals surface area contributed by atoms with Crippen LogP contribution < -0.4 is 11.2 Å². The van der Waals surface area contributed by atoms with Crippen LogP contribution in [0.1, 0.15) is 33.1 Å². The number of unbranched alkanes of at least 4 members (excludes halogenated alkanes) is 1. The number of aliphatic carboxylic acids is 1. The second-order valence-electron chi connectivity index (χ2n) is 3.55. The smallest absolute Gasteiger partial charge is 0.329 e. The highest BCUT2D eigenvalue weighted by atomic mass is 16.7. The maximum absolute atomic E-state index is 10.9. The number of nitrogens with one attached hydrogen (secondary N) is 1. The van der Waals surface area contributed by atoms with Gasteiger partial charge in [-0.2, -0.15) is 0 Å². The molecule has 17 heavy (non-hydrogen) atoms. The number of hydrogen-bond donors (Lipinski definition) is 3. The average molecular weight is 245 g/mol. The number of carbonyl (C=O) groups excluding carboxylic acids is 1. The van der Waals surface area contributed by atoms with Crippen LogP contribution in [0.25, 0.3) is 0 Å². The van der Waals surface area contributed by atoms with E-state index < -0.39 is 18.0 Å². The predicted molar refractivity (Wildman–Crippen MR) is 62.3 cm³/mol. The fourth-order valence-electron chi connectivity index (χ4n) is 1.13. The molecule has 0 aromatic rings. The number of carbonyl (C=O) groups is 2. The van der Waals surface area contributed by atoms with Crippen LogP contribution in [0.15, 0.2) is 4.99 Å². The minimum atomic E-state index is -1.01. The van der Waals surface area contributed by atoms with Gasteiger partial charge in [0, 0.05) is 6.92 Å². The van der Waals surface area contributed by atoms with Gasteiger partial charge in [0.15, 0.2) is 0 Å². The quantitative estimate of drug-likeness (QED) is 0.264. The Balaban J connectivity index is 4.25. The molecule has 98 valence electrons. The Labute approximate surface area is 100.0 Å². The Morgan fingerprint density at radius 1 is 1.41 bits per heavy atom. The lowest BCUT2D eigenvalue weighted by Gasteiger charge is -2.09. The molecule has 7 heteroatoms. The molecule has 0 aliphatic carbocycles. The summed E-state index contributed by atoms with van der Waals surface area (Å²) in [4.78, 5) is 29.8. The molecule has 0 aliphatic heterocycles. The van der Waals surface area contributed by atoms with Crippen molar-refractivity contribution in [3.05, 3.63) is 0 Å². The van der Waals surface area contributed by atoms with Gasteiger partial charge in [-0.3, -0.25) is 9.79 Å². The van der Waals surface area contributed by atoms with E-state index in [4.69, 9.17) is 10.8 Å². The first-order valence-electron chi connectivity index (χ1n) is 5.38. The molecule has 0 aromatic carbocycles. The summed E-state index contributed by atoms with van der Waals surface area (Å²) < 4.78 is 0. The second-order valence-corrected chi connectivity index (χ2v) is 3.55. The van der Waals surface area contributed by atoms with Crippen LogP contribution >= 0.6 is 0 Å². The molecular weight excluding hydrogens is 226 g/mol. The van der Waals surface area contributed by atoms with Gasteiger partial charge in [-0.05, 0) is 32.7 Å². The van der Waals surface area contributed by atoms with E-state index in [1.807, 2.05) is 0 Å². The molecule has 0 saturated carbocycles. The van der Waals surface area contributed by atoms with Gasteiger partial charge in [-0.1, -0.05) is 0 Å². The number of hydrogen-bond acceptors (Lipinski definition) is 5. The molecule has 0 aromatic heterocycles. The second kappa shape index (κ2) is 8.51. The standard InChI is InChI=1S/C10H19N3O4/c1-7(13-17-8(2)14)12-9(10(15)16)5-3-4-6-11/h9H,3-6,11H2,1-2H3,(H,12,13)(H,15,16)/t9-/m0/s1. The van der Waals surface area contributed by atoms with E-state index in [0.29, 0.717) is 19.4 Å². The zero-order valence-corrected chi connectivity index (χ0v) is 10.1. The van der Waals surface area contributed by atoms with Crippen molar-refractivity contribution in [2.45, 2.75) is 39.2 Å². The third kappa shape index (κ3) is 8.21. The Morgan fingerprint density at radius 2 is 2.06 bits per heavy atom. The van der Waals surface area contributed by atoms with Crippen LogP contribution in [-0.2, 0) is 14.4 Å². The van der Waals surface area contributed by atoms with Crippen molar-refractivity contribution >= 4 is 17.8 Å². The monoisotopic (exact) mass is 245 g/mol.